The molecule has 1 saturated heterocycles. The first-order chi connectivity index (χ1) is 33.6. The van der Waals surface area contributed by atoms with Crippen LogP contribution in [0.5, 0.6) is 0 Å². The van der Waals surface area contributed by atoms with Crippen LogP contribution < -0.4 is 66.3 Å². The molecule has 0 spiro atoms. The van der Waals surface area contributed by atoms with Gasteiger partial charge in [-0.1, -0.05) is 70.1 Å². The minimum atomic E-state index is -1.67. The zero-order chi connectivity index (χ0) is 52.3. The molecule has 7 atom stereocenters. The Hall–Kier alpha value is -7.06. The molecule has 386 valence electrons. The van der Waals surface area contributed by atoms with Gasteiger partial charge in [0.1, 0.15) is 36.3 Å². The molecule has 26 heteroatoms. The van der Waals surface area contributed by atoms with Crippen molar-refractivity contribution in [3.05, 3.63) is 71.9 Å². The molecule has 0 aliphatic carbocycles. The third kappa shape index (κ3) is 18.3. The maximum absolute atomic E-state index is 14.5. The molecule has 4 rings (SSSR count). The Labute approximate surface area is 418 Å². The molecule has 24 nitrogen and oxygen atoms in total. The first-order valence-corrected chi connectivity index (χ1v) is 25.1. The number of carboxylic acid groups (broad SMARTS) is 1. The summed E-state index contributed by atoms with van der Waals surface area (Å²) in [4.78, 5) is 122. The highest BCUT2D eigenvalue weighted by molar-refractivity contribution is 8.77. The lowest BCUT2D eigenvalue weighted by Crippen LogP contribution is -2.61. The molecule has 1 fully saturated rings. The Kier molecular flexibility index (Phi) is 21.8. The van der Waals surface area contributed by atoms with Crippen LogP contribution in [-0.4, -0.2) is 135 Å². The van der Waals surface area contributed by atoms with Crippen LogP contribution in [0.15, 0.2) is 70.8 Å². The summed E-state index contributed by atoms with van der Waals surface area (Å²) in [6.45, 7) is 3.39. The third-order valence-electron chi connectivity index (χ3n) is 11.2. The monoisotopic (exact) mass is 1020 g/mol. The van der Waals surface area contributed by atoms with Crippen LogP contribution in [0.4, 0.5) is 0 Å². The summed E-state index contributed by atoms with van der Waals surface area (Å²) in [6.07, 6.45) is 1.06. The minimum Gasteiger partial charge on any atom is -0.480 e. The van der Waals surface area contributed by atoms with Gasteiger partial charge in [0.2, 0.25) is 41.4 Å². The third-order valence-corrected chi connectivity index (χ3v) is 14.5. The second-order valence-electron chi connectivity index (χ2n) is 17.3. The number of hydrogen-bond donors (Lipinski definition) is 14. The van der Waals surface area contributed by atoms with Gasteiger partial charge in [-0.05, 0) is 63.1 Å². The Morgan fingerprint density at radius 2 is 1.31 bits per heavy atom. The zero-order valence-electron chi connectivity index (χ0n) is 39.5. The van der Waals surface area contributed by atoms with Gasteiger partial charge in [0.15, 0.2) is 11.9 Å². The predicted molar refractivity (Wildman–Crippen MR) is 272 cm³/mol. The van der Waals surface area contributed by atoms with Crippen LogP contribution in [0, 0.1) is 0 Å². The van der Waals surface area contributed by atoms with Crippen molar-refractivity contribution in [2.24, 2.45) is 44.4 Å². The van der Waals surface area contributed by atoms with Gasteiger partial charge in [-0.25, -0.2) is 4.79 Å². The maximum Gasteiger partial charge on any atom is 0.327 e. The number of nitrogens with zero attached hydrogens (tertiary/aromatic N) is 2. The Bertz CT molecular complexity index is 2410. The van der Waals surface area contributed by atoms with Crippen LogP contribution in [-0.2, 0) is 51.2 Å². The average Bonchev–Trinajstić information content (AvgIpc) is 3.72. The van der Waals surface area contributed by atoms with Gasteiger partial charge >= 0.3 is 5.97 Å². The number of aromatic amines is 1. The van der Waals surface area contributed by atoms with Crippen molar-refractivity contribution in [3.8, 4) is 0 Å². The Morgan fingerprint density at radius 1 is 0.746 bits per heavy atom. The number of rotatable bonds is 17. The van der Waals surface area contributed by atoms with E-state index in [0.717, 1.165) is 32.5 Å². The van der Waals surface area contributed by atoms with Gasteiger partial charge in [-0.2, -0.15) is 0 Å². The van der Waals surface area contributed by atoms with Gasteiger partial charge in [-0.3, -0.25) is 43.5 Å². The van der Waals surface area contributed by atoms with Crippen LogP contribution in [0.3, 0.4) is 0 Å². The second kappa shape index (κ2) is 27.4. The van der Waals surface area contributed by atoms with Crippen molar-refractivity contribution in [3.63, 3.8) is 0 Å². The summed E-state index contributed by atoms with van der Waals surface area (Å²) < 4.78 is -1.26. The summed E-state index contributed by atoms with van der Waals surface area (Å²) in [7, 11) is 2.20. The highest BCUT2D eigenvalue weighted by Gasteiger charge is 2.40. The number of benzene rings is 2. The number of guanidine groups is 2. The fourth-order valence-corrected chi connectivity index (χ4v) is 10.2. The van der Waals surface area contributed by atoms with Crippen molar-refractivity contribution in [2.75, 3.05) is 18.8 Å². The first-order valence-electron chi connectivity index (χ1n) is 22.7. The van der Waals surface area contributed by atoms with Gasteiger partial charge < -0.3 is 76.4 Å². The lowest BCUT2D eigenvalue weighted by atomic mass is 10.00. The lowest BCUT2D eigenvalue weighted by Gasteiger charge is -2.32. The number of aliphatic carboxylic acids is 1. The van der Waals surface area contributed by atoms with E-state index in [2.05, 4.69) is 46.9 Å². The quantitative estimate of drug-likeness (QED) is 0.0296. The van der Waals surface area contributed by atoms with Crippen molar-refractivity contribution in [1.29, 1.82) is 0 Å². The van der Waals surface area contributed by atoms with E-state index < -0.39 is 101 Å². The number of nitrogens with one attached hydrogen (secondary N) is 7. The maximum atomic E-state index is 14.5. The minimum absolute atomic E-state index is 0.0395. The molecule has 0 radical (unpaired) electrons. The highest BCUT2D eigenvalue weighted by Crippen LogP contribution is 2.39. The van der Waals surface area contributed by atoms with E-state index in [-0.39, 0.29) is 69.3 Å². The van der Waals surface area contributed by atoms with Crippen molar-refractivity contribution in [1.82, 2.24) is 36.9 Å². The molecule has 20 N–H and O–H groups in total. The molecular weight excluding hydrogens is 959 g/mol. The number of amides is 7. The van der Waals surface area contributed by atoms with Crippen LogP contribution in [0.2, 0.25) is 0 Å². The van der Waals surface area contributed by atoms with E-state index in [1.54, 1.807) is 56.4 Å². The molecule has 1 aromatic heterocycles. The number of fused-ring (bicyclic) bond motifs is 1. The van der Waals surface area contributed by atoms with E-state index in [4.69, 9.17) is 34.4 Å². The molecule has 2 heterocycles. The summed E-state index contributed by atoms with van der Waals surface area (Å²) >= 11 is 0. The molecular formula is C45H65N15O9S2. The zero-order valence-corrected chi connectivity index (χ0v) is 41.1. The van der Waals surface area contributed by atoms with E-state index in [1.165, 1.54) is 0 Å². The largest absolute Gasteiger partial charge is 0.480 e. The summed E-state index contributed by atoms with van der Waals surface area (Å²) in [5.74, 6) is -7.88. The molecule has 1 aliphatic heterocycles. The van der Waals surface area contributed by atoms with E-state index in [9.17, 15) is 43.5 Å². The fourth-order valence-electron chi connectivity index (χ4n) is 7.44. The van der Waals surface area contributed by atoms with Crippen molar-refractivity contribution < 1.29 is 43.5 Å². The van der Waals surface area contributed by atoms with Gasteiger partial charge in [0, 0.05) is 48.8 Å². The number of aliphatic imine (C=N–C) groups is 2. The van der Waals surface area contributed by atoms with Crippen molar-refractivity contribution in [2.45, 2.75) is 112 Å². The summed E-state index contributed by atoms with van der Waals surface area (Å²) in [5.41, 5.74) is 35.6. The lowest BCUT2D eigenvalue weighted by molar-refractivity contribution is -0.143. The number of nitrogens with two attached hydrogens (primary N) is 6. The van der Waals surface area contributed by atoms with Crippen LogP contribution >= 0.6 is 21.6 Å². The number of carboxylic acids is 1. The number of H-pyrrole nitrogens is 1. The second-order valence-corrected chi connectivity index (χ2v) is 20.4. The highest BCUT2D eigenvalue weighted by atomic mass is 33.1. The van der Waals surface area contributed by atoms with E-state index in [1.807, 2.05) is 18.2 Å². The Balaban J connectivity index is 1.80. The molecule has 71 heavy (non-hydrogen) atoms. The van der Waals surface area contributed by atoms with Gasteiger partial charge in [0.25, 0.3) is 0 Å². The number of primary amides is 1. The number of carbonyl (C=O) groups excluding carboxylic acids is 7. The average molecular weight is 1020 g/mol. The molecule has 7 amide bonds. The molecule has 0 unspecified atom stereocenters. The fraction of sp³-hybridized carbons (Fsp3) is 0.467. The molecule has 0 saturated carbocycles. The smallest absolute Gasteiger partial charge is 0.327 e. The molecule has 2 aromatic carbocycles. The van der Waals surface area contributed by atoms with Gasteiger partial charge in [-0.15, -0.1) is 0 Å². The first kappa shape index (κ1) is 56.5. The van der Waals surface area contributed by atoms with E-state index in [0.29, 0.717) is 17.5 Å². The number of aromatic nitrogens is 1. The molecule has 1 aliphatic rings. The van der Waals surface area contributed by atoms with E-state index >= 15 is 0 Å². The normalized spacial score (nSPS) is 22.2. The topological polar surface area (TPSA) is 426 Å². The van der Waals surface area contributed by atoms with Crippen LogP contribution in [0.25, 0.3) is 10.9 Å². The summed E-state index contributed by atoms with van der Waals surface area (Å²) in [6, 6.07) is 5.79. The molecule has 0 bridgehead atoms. The number of para-hydroxylation sites is 1. The number of carbonyl (C=O) groups is 8. The number of hydrogen-bond acceptors (Lipinski definition) is 13. The Morgan fingerprint density at radius 3 is 1.96 bits per heavy atom. The SMILES string of the molecule is CC1(C)SSCC[C@H](NC(=O)[C@H](N)CCCN=C(N)N)C(=O)N[C@@H](CC(N)=O)C(=O)N[C@H](Cc2ccccc2)C(=O)N[C@@H](CCCN=C(N)N)C(=O)N[C@@H](Cc2c[nH]c3ccccc23)C(=O)N[C@@H]1C(=O)O. The van der Waals surface area contributed by atoms with Crippen LogP contribution in [0.1, 0.15) is 63.5 Å². The van der Waals surface area contributed by atoms with Crippen molar-refractivity contribution >= 4 is 91.7 Å². The molecule has 3 aromatic rings. The van der Waals surface area contributed by atoms with Gasteiger partial charge in [0.05, 0.1) is 17.2 Å². The standard InChI is InChI=1S/C45H65N15O9S2/c1-45(2)35(42(68)69)60-41(67)32(21-25-23-54-28-14-7-6-12-26(25)28)58-37(63)29(15-9-18-53-44(50)51)56-39(65)31(20-24-10-4-3-5-11-24)57-40(66)33(22-34(47)61)59-38(64)30(16-19-70-71-45)55-36(62)27(46)13-8-17-52-43(48)49/h3-7,10-12,14,23,27,29-33,35,54H,8-9,13,15-22,46H2,1-2H3,(H2,47,61)(H,55,62)(H,56,65)(H,57,66)(H,58,63)(H,59,64)(H,60,67)(H,68,69)(H4,48,49,52)(H4,50,51,53)/t27-,29+,30+,31-,32+,33+,35-/m1/s1. The summed E-state index contributed by atoms with van der Waals surface area (Å²) in [5, 5.41) is 27.1. The predicted octanol–water partition coefficient (Wildman–Crippen LogP) is -2.18.